The monoisotopic (exact) mass is 134 g/mol. The van der Waals surface area contributed by atoms with Crippen LogP contribution in [-0.2, 0) is 0 Å². The second-order valence-corrected chi connectivity index (χ2v) is 1.96. The molecule has 0 bridgehead atoms. The summed E-state index contributed by atoms with van der Waals surface area (Å²) in [6.07, 6.45) is 0. The molecule has 1 N–H and O–H groups in total. The molecule has 0 amide bonds. The lowest BCUT2D eigenvalue weighted by Crippen LogP contribution is -1.92. The van der Waals surface area contributed by atoms with Crippen molar-refractivity contribution in [2.75, 3.05) is 0 Å². The van der Waals surface area contributed by atoms with Crippen LogP contribution in [0.25, 0.3) is 0 Å². The van der Waals surface area contributed by atoms with Crippen LogP contribution in [0.5, 0.6) is 0 Å². The van der Waals surface area contributed by atoms with Gasteiger partial charge in [-0.15, -0.1) is 0 Å². The molecule has 1 aromatic rings. The minimum absolute atomic E-state index is 0.584. The molecule has 51 valence electrons. The zero-order valence-corrected chi connectivity index (χ0v) is 5.70. The van der Waals surface area contributed by atoms with E-state index in [1.807, 2.05) is 18.2 Å². The fraction of sp³-hybridized carbons (Fsp3) is 0.125. The number of benzene rings is 1. The minimum Gasteiger partial charge on any atom is -0.411 e. The molecule has 0 saturated heterocycles. The van der Waals surface area contributed by atoms with E-state index in [0.29, 0.717) is 5.71 Å². The van der Waals surface area contributed by atoms with Gasteiger partial charge in [-0.3, -0.25) is 0 Å². The Morgan fingerprint density at radius 2 is 2.40 bits per heavy atom. The van der Waals surface area contributed by atoms with Crippen LogP contribution in [0, 0.1) is 6.07 Å². The van der Waals surface area contributed by atoms with E-state index in [1.54, 1.807) is 13.0 Å². The number of nitrogens with zero attached hydrogens (tertiary/aromatic N) is 1. The first-order valence-corrected chi connectivity index (χ1v) is 3.00. The van der Waals surface area contributed by atoms with Gasteiger partial charge in [0, 0.05) is 5.56 Å². The van der Waals surface area contributed by atoms with E-state index in [9.17, 15) is 0 Å². The molecule has 0 unspecified atom stereocenters. The van der Waals surface area contributed by atoms with Crippen LogP contribution in [0.4, 0.5) is 0 Å². The highest BCUT2D eigenvalue weighted by atomic mass is 16.4. The molecule has 0 fully saturated rings. The molecule has 0 aliphatic carbocycles. The predicted octanol–water partition coefficient (Wildman–Crippen LogP) is 1.68. The van der Waals surface area contributed by atoms with Gasteiger partial charge in [0.05, 0.1) is 5.71 Å². The number of hydrogen-bond donors (Lipinski definition) is 1. The van der Waals surface area contributed by atoms with Crippen LogP contribution in [0.3, 0.4) is 0 Å². The highest BCUT2D eigenvalue weighted by Gasteiger charge is 1.93. The largest absolute Gasteiger partial charge is 0.411 e. The van der Waals surface area contributed by atoms with Crippen LogP contribution in [0.1, 0.15) is 12.5 Å². The molecule has 0 saturated carbocycles. The average Bonchev–Trinajstić information content (AvgIpc) is 2.05. The molecule has 10 heavy (non-hydrogen) atoms. The van der Waals surface area contributed by atoms with E-state index >= 15 is 0 Å². The van der Waals surface area contributed by atoms with Crippen molar-refractivity contribution in [3.63, 3.8) is 0 Å². The van der Waals surface area contributed by atoms with Crippen molar-refractivity contribution in [1.29, 1.82) is 0 Å². The summed E-state index contributed by atoms with van der Waals surface area (Å²) in [7, 11) is 0. The van der Waals surface area contributed by atoms with Crippen molar-refractivity contribution >= 4 is 5.71 Å². The molecular weight excluding hydrogens is 126 g/mol. The topological polar surface area (TPSA) is 32.6 Å². The Morgan fingerprint density at radius 3 is 2.90 bits per heavy atom. The van der Waals surface area contributed by atoms with Crippen LogP contribution in [0.15, 0.2) is 29.4 Å². The zero-order valence-electron chi connectivity index (χ0n) is 5.70. The van der Waals surface area contributed by atoms with Crippen LogP contribution in [0.2, 0.25) is 0 Å². The first kappa shape index (κ1) is 6.81. The summed E-state index contributed by atoms with van der Waals surface area (Å²) in [6, 6.07) is 10.3. The van der Waals surface area contributed by atoms with E-state index in [4.69, 9.17) is 5.21 Å². The maximum atomic E-state index is 8.36. The fourth-order valence-corrected chi connectivity index (χ4v) is 0.672. The van der Waals surface area contributed by atoms with Gasteiger partial charge in [-0.05, 0) is 13.0 Å². The Hall–Kier alpha value is -1.31. The molecule has 2 heteroatoms. The Labute approximate surface area is 59.8 Å². The smallest absolute Gasteiger partial charge is 0.0843 e. The molecule has 1 aromatic carbocycles. The Balaban J connectivity index is 2.96. The normalized spacial score (nSPS) is 11.5. The molecule has 0 aliphatic heterocycles. The van der Waals surface area contributed by atoms with E-state index < -0.39 is 0 Å². The maximum absolute atomic E-state index is 8.36. The van der Waals surface area contributed by atoms with Gasteiger partial charge in [0.2, 0.25) is 0 Å². The third kappa shape index (κ3) is 1.35. The molecule has 0 aromatic heterocycles. The SMILES string of the molecule is CC(=NO)c1[c]cccc1. The Kier molecular flexibility index (Phi) is 2.05. The summed E-state index contributed by atoms with van der Waals surface area (Å²) in [5.41, 5.74) is 1.41. The quantitative estimate of drug-likeness (QED) is 0.354. The van der Waals surface area contributed by atoms with Gasteiger partial charge in [0.1, 0.15) is 0 Å². The third-order valence-electron chi connectivity index (χ3n) is 1.25. The van der Waals surface area contributed by atoms with Crippen molar-refractivity contribution < 1.29 is 5.21 Å². The lowest BCUT2D eigenvalue weighted by atomic mass is 10.1. The molecular formula is C8H8NO. The lowest BCUT2D eigenvalue weighted by Gasteiger charge is -1.93. The van der Waals surface area contributed by atoms with Crippen LogP contribution < -0.4 is 0 Å². The van der Waals surface area contributed by atoms with Crippen LogP contribution in [-0.4, -0.2) is 10.9 Å². The summed E-state index contributed by atoms with van der Waals surface area (Å²) in [5.74, 6) is 0. The van der Waals surface area contributed by atoms with Crippen LogP contribution >= 0.6 is 0 Å². The lowest BCUT2D eigenvalue weighted by molar-refractivity contribution is 0.319. The highest BCUT2D eigenvalue weighted by molar-refractivity contribution is 5.97. The van der Waals surface area contributed by atoms with Gasteiger partial charge < -0.3 is 5.21 Å². The van der Waals surface area contributed by atoms with Gasteiger partial charge in [-0.2, -0.15) is 0 Å². The molecule has 0 atom stereocenters. The summed E-state index contributed by atoms with van der Waals surface area (Å²) in [6.45, 7) is 1.73. The van der Waals surface area contributed by atoms with Crippen molar-refractivity contribution in [3.8, 4) is 0 Å². The van der Waals surface area contributed by atoms with Gasteiger partial charge in [0.15, 0.2) is 0 Å². The second-order valence-electron chi connectivity index (χ2n) is 1.96. The molecule has 1 radical (unpaired) electrons. The van der Waals surface area contributed by atoms with Crippen molar-refractivity contribution in [1.82, 2.24) is 0 Å². The van der Waals surface area contributed by atoms with Gasteiger partial charge in [-0.1, -0.05) is 29.4 Å². The summed E-state index contributed by atoms with van der Waals surface area (Å²) < 4.78 is 0. The molecule has 0 spiro atoms. The maximum Gasteiger partial charge on any atom is 0.0843 e. The van der Waals surface area contributed by atoms with E-state index in [-0.39, 0.29) is 0 Å². The highest BCUT2D eigenvalue weighted by Crippen LogP contribution is 1.98. The summed E-state index contributed by atoms with van der Waals surface area (Å²) in [5, 5.41) is 11.4. The molecule has 2 nitrogen and oxygen atoms in total. The summed E-state index contributed by atoms with van der Waals surface area (Å²) in [4.78, 5) is 0. The van der Waals surface area contributed by atoms with Crippen molar-refractivity contribution in [2.24, 2.45) is 5.16 Å². The number of rotatable bonds is 1. The molecule has 0 heterocycles. The van der Waals surface area contributed by atoms with Crippen molar-refractivity contribution in [3.05, 3.63) is 35.9 Å². The second kappa shape index (κ2) is 3.01. The van der Waals surface area contributed by atoms with Gasteiger partial charge >= 0.3 is 0 Å². The molecule has 1 rings (SSSR count). The predicted molar refractivity (Wildman–Crippen MR) is 39.3 cm³/mol. The van der Waals surface area contributed by atoms with Crippen molar-refractivity contribution in [2.45, 2.75) is 6.92 Å². The standard InChI is InChI=1S/C8H8NO/c1-7(9-10)8-5-3-2-4-6-8/h2-5,10H,1H3. The summed E-state index contributed by atoms with van der Waals surface area (Å²) >= 11 is 0. The van der Waals surface area contributed by atoms with Gasteiger partial charge in [0.25, 0.3) is 0 Å². The fourth-order valence-electron chi connectivity index (χ4n) is 0.672. The molecule has 0 aliphatic rings. The zero-order chi connectivity index (χ0) is 7.40. The first-order valence-electron chi connectivity index (χ1n) is 3.00. The van der Waals surface area contributed by atoms with Gasteiger partial charge in [-0.25, -0.2) is 0 Å². The Morgan fingerprint density at radius 1 is 1.60 bits per heavy atom. The first-order chi connectivity index (χ1) is 4.84. The Bertz CT molecular complexity index is 228. The number of hydrogen-bond acceptors (Lipinski definition) is 2. The van der Waals surface area contributed by atoms with E-state index in [2.05, 4.69) is 11.2 Å². The third-order valence-corrected chi connectivity index (χ3v) is 1.25. The van der Waals surface area contributed by atoms with E-state index in [0.717, 1.165) is 5.56 Å². The minimum atomic E-state index is 0.584. The average molecular weight is 134 g/mol. The number of oxime groups is 1. The van der Waals surface area contributed by atoms with E-state index in [1.165, 1.54) is 0 Å².